The van der Waals surface area contributed by atoms with Crippen LogP contribution in [0.15, 0.2) is 0 Å². The highest BCUT2D eigenvalue weighted by molar-refractivity contribution is 7.84. The zero-order valence-corrected chi connectivity index (χ0v) is 7.94. The molecule has 0 aliphatic heterocycles. The highest BCUT2D eigenvalue weighted by atomic mass is 32.2. The van der Waals surface area contributed by atoms with Crippen LogP contribution < -0.4 is 0 Å². The molecule has 4 heteroatoms. The van der Waals surface area contributed by atoms with Crippen LogP contribution in [0.5, 0.6) is 0 Å². The van der Waals surface area contributed by atoms with Gasteiger partial charge in [0.15, 0.2) is 0 Å². The van der Waals surface area contributed by atoms with Crippen LogP contribution in [0.25, 0.3) is 0 Å². The number of hydrogen-bond acceptors (Lipinski definition) is 3. The molecule has 0 aromatic carbocycles. The van der Waals surface area contributed by atoms with Gasteiger partial charge in [-0.05, 0) is 13.8 Å². The fourth-order valence-electron chi connectivity index (χ4n) is 0.549. The van der Waals surface area contributed by atoms with Crippen LogP contribution in [0, 0.1) is 0 Å². The molecule has 0 saturated carbocycles. The molecule has 0 rings (SSSR count). The van der Waals surface area contributed by atoms with Gasteiger partial charge in [-0.3, -0.25) is 9.00 Å². The summed E-state index contributed by atoms with van der Waals surface area (Å²) in [6.45, 7) is 3.58. The molecule has 0 spiro atoms. The molecule has 0 radical (unpaired) electrons. The third-order valence-electron chi connectivity index (χ3n) is 0.961. The maximum absolute atomic E-state index is 10.8. The molecule has 0 saturated heterocycles. The second-order valence-corrected chi connectivity index (χ2v) is 4.12. The first-order valence-electron chi connectivity index (χ1n) is 3.52. The van der Waals surface area contributed by atoms with E-state index < -0.39 is 10.8 Å². The average Bonchev–Trinajstić information content (AvgIpc) is 1.82. The van der Waals surface area contributed by atoms with Gasteiger partial charge in [0.2, 0.25) is 0 Å². The van der Waals surface area contributed by atoms with E-state index in [1.807, 2.05) is 0 Å². The Morgan fingerprint density at radius 1 is 1.55 bits per heavy atom. The summed E-state index contributed by atoms with van der Waals surface area (Å²) in [5, 5.41) is 0. The van der Waals surface area contributed by atoms with Gasteiger partial charge in [-0.15, -0.1) is 0 Å². The predicted octanol–water partition coefficient (Wildman–Crippen LogP) is 0.707. The third-order valence-corrected chi connectivity index (χ3v) is 1.74. The van der Waals surface area contributed by atoms with Gasteiger partial charge < -0.3 is 4.74 Å². The molecule has 0 N–H and O–H groups in total. The first-order chi connectivity index (χ1) is 5.02. The number of carbonyl (C=O) groups is 1. The summed E-state index contributed by atoms with van der Waals surface area (Å²) in [7, 11) is -0.902. The van der Waals surface area contributed by atoms with Crippen molar-refractivity contribution in [1.29, 1.82) is 0 Å². The van der Waals surface area contributed by atoms with E-state index in [0.29, 0.717) is 5.75 Å². The Morgan fingerprint density at radius 3 is 2.45 bits per heavy atom. The lowest BCUT2D eigenvalue weighted by Crippen LogP contribution is -2.13. The fourth-order valence-corrected chi connectivity index (χ4v) is 1.00. The molecule has 11 heavy (non-hydrogen) atoms. The summed E-state index contributed by atoms with van der Waals surface area (Å²) >= 11 is 0. The van der Waals surface area contributed by atoms with Crippen molar-refractivity contribution < 1.29 is 13.7 Å². The number of rotatable bonds is 4. The summed E-state index contributed by atoms with van der Waals surface area (Å²) < 4.78 is 15.4. The van der Waals surface area contributed by atoms with Crippen molar-refractivity contribution in [3.8, 4) is 0 Å². The number of hydrogen-bond donors (Lipinski definition) is 0. The van der Waals surface area contributed by atoms with Crippen LogP contribution in [-0.4, -0.2) is 28.3 Å². The molecule has 0 aromatic heterocycles. The summed E-state index contributed by atoms with van der Waals surface area (Å²) in [5.41, 5.74) is 0. The van der Waals surface area contributed by atoms with Crippen molar-refractivity contribution in [2.24, 2.45) is 0 Å². The van der Waals surface area contributed by atoms with Crippen molar-refractivity contribution in [3.05, 3.63) is 0 Å². The molecule has 0 heterocycles. The van der Waals surface area contributed by atoms with E-state index >= 15 is 0 Å². The summed E-state index contributed by atoms with van der Waals surface area (Å²) in [5.74, 6) is 0.126. The van der Waals surface area contributed by atoms with Gasteiger partial charge in [0, 0.05) is 22.8 Å². The maximum Gasteiger partial charge on any atom is 0.306 e. The first kappa shape index (κ1) is 10.6. The standard InChI is InChI=1S/C7H14O3S/c1-6(2)10-7(8)4-5-11(3)9/h6H,4-5H2,1-3H3. The van der Waals surface area contributed by atoms with Gasteiger partial charge >= 0.3 is 5.97 Å². The van der Waals surface area contributed by atoms with Crippen molar-refractivity contribution in [1.82, 2.24) is 0 Å². The van der Waals surface area contributed by atoms with E-state index in [1.54, 1.807) is 20.1 Å². The molecule has 0 aliphatic rings. The van der Waals surface area contributed by atoms with Crippen molar-refractivity contribution >= 4 is 16.8 Å². The van der Waals surface area contributed by atoms with E-state index in [4.69, 9.17) is 4.74 Å². The highest BCUT2D eigenvalue weighted by Gasteiger charge is 2.05. The van der Waals surface area contributed by atoms with Crippen molar-refractivity contribution in [2.75, 3.05) is 12.0 Å². The summed E-state index contributed by atoms with van der Waals surface area (Å²) in [6, 6.07) is 0. The van der Waals surface area contributed by atoms with E-state index in [-0.39, 0.29) is 18.5 Å². The molecule has 0 amide bonds. The van der Waals surface area contributed by atoms with Gasteiger partial charge in [0.25, 0.3) is 0 Å². The number of esters is 1. The average molecular weight is 178 g/mol. The minimum Gasteiger partial charge on any atom is -0.463 e. The summed E-state index contributed by atoms with van der Waals surface area (Å²) in [6.07, 6.45) is 1.75. The Balaban J connectivity index is 3.45. The SMILES string of the molecule is CC(C)OC(=O)CCS(C)=O. The van der Waals surface area contributed by atoms with Gasteiger partial charge in [-0.1, -0.05) is 0 Å². The lowest BCUT2D eigenvalue weighted by molar-refractivity contribution is -0.146. The van der Waals surface area contributed by atoms with E-state index in [2.05, 4.69) is 0 Å². The molecular formula is C7H14O3S. The molecule has 1 atom stereocenters. The quantitative estimate of drug-likeness (QED) is 0.595. The second-order valence-electron chi connectivity index (χ2n) is 2.57. The molecule has 0 aliphatic carbocycles. The van der Waals surface area contributed by atoms with Gasteiger partial charge in [0.1, 0.15) is 0 Å². The number of ether oxygens (including phenoxy) is 1. The lowest BCUT2D eigenvalue weighted by Gasteiger charge is -2.06. The van der Waals surface area contributed by atoms with Gasteiger partial charge in [-0.2, -0.15) is 0 Å². The maximum atomic E-state index is 10.8. The van der Waals surface area contributed by atoms with Crippen LogP contribution in [0.2, 0.25) is 0 Å². The van der Waals surface area contributed by atoms with E-state index in [0.717, 1.165) is 0 Å². The van der Waals surface area contributed by atoms with Crippen LogP contribution in [0.3, 0.4) is 0 Å². The molecule has 3 nitrogen and oxygen atoms in total. The predicted molar refractivity (Wildman–Crippen MR) is 44.8 cm³/mol. The molecular weight excluding hydrogens is 164 g/mol. The molecule has 0 fully saturated rings. The number of carbonyl (C=O) groups excluding carboxylic acids is 1. The largest absolute Gasteiger partial charge is 0.463 e. The minimum atomic E-state index is -0.902. The van der Waals surface area contributed by atoms with Crippen molar-refractivity contribution in [3.63, 3.8) is 0 Å². The van der Waals surface area contributed by atoms with Crippen LogP contribution in [-0.2, 0) is 20.3 Å². The minimum absolute atomic E-state index is 0.0761. The lowest BCUT2D eigenvalue weighted by atomic mass is 10.4. The zero-order valence-electron chi connectivity index (χ0n) is 7.12. The smallest absolute Gasteiger partial charge is 0.306 e. The van der Waals surface area contributed by atoms with E-state index in [1.165, 1.54) is 0 Å². The normalized spacial score (nSPS) is 13.1. The Bertz CT molecular complexity index is 154. The van der Waals surface area contributed by atoms with Crippen LogP contribution in [0.4, 0.5) is 0 Å². The van der Waals surface area contributed by atoms with Gasteiger partial charge in [0.05, 0.1) is 12.5 Å². The Hall–Kier alpha value is -0.380. The van der Waals surface area contributed by atoms with Crippen molar-refractivity contribution in [2.45, 2.75) is 26.4 Å². The third kappa shape index (κ3) is 7.52. The zero-order chi connectivity index (χ0) is 8.85. The molecule has 0 bridgehead atoms. The molecule has 66 valence electrons. The Kier molecular flexibility index (Phi) is 5.11. The van der Waals surface area contributed by atoms with Crippen LogP contribution >= 0.6 is 0 Å². The summed E-state index contributed by atoms with van der Waals surface area (Å²) in [4.78, 5) is 10.8. The molecule has 1 unspecified atom stereocenters. The second kappa shape index (κ2) is 5.29. The van der Waals surface area contributed by atoms with Crippen LogP contribution in [0.1, 0.15) is 20.3 Å². The first-order valence-corrected chi connectivity index (χ1v) is 5.24. The monoisotopic (exact) mass is 178 g/mol. The fraction of sp³-hybridized carbons (Fsp3) is 0.857. The van der Waals surface area contributed by atoms with E-state index in [9.17, 15) is 9.00 Å². The Morgan fingerprint density at radius 2 is 2.09 bits per heavy atom. The highest BCUT2D eigenvalue weighted by Crippen LogP contribution is 1.93. The topological polar surface area (TPSA) is 43.4 Å². The van der Waals surface area contributed by atoms with Gasteiger partial charge in [-0.25, -0.2) is 0 Å². The Labute approximate surface area is 69.6 Å². The molecule has 0 aromatic rings.